The van der Waals surface area contributed by atoms with Crippen molar-refractivity contribution in [3.05, 3.63) is 101 Å². The second-order valence-corrected chi connectivity index (χ2v) is 5.69. The zero-order valence-corrected chi connectivity index (χ0v) is 13.9. The first-order valence-corrected chi connectivity index (χ1v) is 7.87. The smallest absolute Gasteiger partial charge is 0.269 e. The summed E-state index contributed by atoms with van der Waals surface area (Å²) in [7, 11) is 0. The summed E-state index contributed by atoms with van der Waals surface area (Å²) in [6, 6.07) is 15.2. The molecule has 5 heteroatoms. The molecule has 1 amide bonds. The summed E-state index contributed by atoms with van der Waals surface area (Å²) in [5, 5.41) is 13.8. The summed E-state index contributed by atoms with van der Waals surface area (Å²) in [5.41, 5.74) is 0.594. The Kier molecular flexibility index (Phi) is 5.84. The highest BCUT2D eigenvalue weighted by Gasteiger charge is 2.31. The van der Waals surface area contributed by atoms with Crippen molar-refractivity contribution in [2.45, 2.75) is 18.4 Å². The molecule has 0 spiro atoms. The van der Waals surface area contributed by atoms with Gasteiger partial charge in [0.25, 0.3) is 11.6 Å². The molecule has 0 aromatic heterocycles. The van der Waals surface area contributed by atoms with Crippen molar-refractivity contribution < 1.29 is 9.72 Å². The van der Waals surface area contributed by atoms with E-state index >= 15 is 0 Å². The van der Waals surface area contributed by atoms with E-state index in [1.807, 2.05) is 30.3 Å². The average molecular weight is 336 g/mol. The van der Waals surface area contributed by atoms with E-state index in [4.69, 9.17) is 0 Å². The van der Waals surface area contributed by atoms with Gasteiger partial charge < -0.3 is 5.32 Å². The number of rotatable bonds is 8. The Morgan fingerprint density at radius 3 is 2.08 bits per heavy atom. The molecule has 2 aromatic rings. The molecule has 2 aromatic carbocycles. The molecule has 0 aliphatic rings. The van der Waals surface area contributed by atoms with Crippen molar-refractivity contribution in [2.75, 3.05) is 0 Å². The first-order chi connectivity index (χ1) is 12.0. The maximum Gasteiger partial charge on any atom is 0.269 e. The maximum atomic E-state index is 12.7. The lowest BCUT2D eigenvalue weighted by molar-refractivity contribution is -0.384. The van der Waals surface area contributed by atoms with Gasteiger partial charge in [-0.2, -0.15) is 0 Å². The topological polar surface area (TPSA) is 72.2 Å². The van der Waals surface area contributed by atoms with Gasteiger partial charge in [0, 0.05) is 17.7 Å². The Morgan fingerprint density at radius 1 is 1.04 bits per heavy atom. The highest BCUT2D eigenvalue weighted by atomic mass is 16.6. The van der Waals surface area contributed by atoms with Gasteiger partial charge in [-0.1, -0.05) is 42.5 Å². The molecule has 0 aliphatic heterocycles. The fraction of sp³-hybridized carbons (Fsp3) is 0.150. The minimum absolute atomic E-state index is 0.0527. The first kappa shape index (κ1) is 18.1. The van der Waals surface area contributed by atoms with Crippen molar-refractivity contribution in [1.29, 1.82) is 0 Å². The number of benzene rings is 2. The molecule has 0 saturated carbocycles. The quantitative estimate of drug-likeness (QED) is 0.442. The molecular weight excluding hydrogens is 316 g/mol. The molecule has 0 saturated heterocycles. The number of hydrogen-bond acceptors (Lipinski definition) is 3. The fourth-order valence-corrected chi connectivity index (χ4v) is 2.77. The van der Waals surface area contributed by atoms with Gasteiger partial charge in [-0.05, 0) is 30.5 Å². The normalized spacial score (nSPS) is 10.7. The fourth-order valence-electron chi connectivity index (χ4n) is 2.77. The predicted molar refractivity (Wildman–Crippen MR) is 98.3 cm³/mol. The van der Waals surface area contributed by atoms with Crippen LogP contribution in [0.5, 0.6) is 0 Å². The van der Waals surface area contributed by atoms with E-state index in [9.17, 15) is 14.9 Å². The third kappa shape index (κ3) is 4.20. The minimum Gasteiger partial charge on any atom is -0.342 e. The van der Waals surface area contributed by atoms with Crippen LogP contribution in [0.2, 0.25) is 0 Å². The minimum atomic E-state index is -0.663. The number of carbonyl (C=O) groups excluding carboxylic acids is 1. The van der Waals surface area contributed by atoms with Crippen LogP contribution in [-0.4, -0.2) is 10.8 Å². The van der Waals surface area contributed by atoms with Crippen LogP contribution < -0.4 is 5.32 Å². The van der Waals surface area contributed by atoms with Crippen molar-refractivity contribution in [1.82, 2.24) is 5.32 Å². The van der Waals surface area contributed by atoms with Gasteiger partial charge in [-0.3, -0.25) is 14.9 Å². The molecule has 0 bridgehead atoms. The lowest BCUT2D eigenvalue weighted by atomic mass is 9.83. The monoisotopic (exact) mass is 336 g/mol. The second-order valence-electron chi connectivity index (χ2n) is 5.69. The highest BCUT2D eigenvalue weighted by Crippen LogP contribution is 2.30. The number of nitro benzene ring substituents is 1. The van der Waals surface area contributed by atoms with E-state index in [0.717, 1.165) is 5.56 Å². The number of amides is 1. The molecule has 0 radical (unpaired) electrons. The Hall–Kier alpha value is -3.21. The number of hydrogen-bond donors (Lipinski definition) is 1. The molecule has 2 rings (SSSR count). The van der Waals surface area contributed by atoms with Crippen molar-refractivity contribution in [3.63, 3.8) is 0 Å². The van der Waals surface area contributed by atoms with Gasteiger partial charge in [0.05, 0.1) is 10.5 Å². The summed E-state index contributed by atoms with van der Waals surface area (Å²) in [6.07, 6.45) is 4.57. The first-order valence-electron chi connectivity index (χ1n) is 7.87. The van der Waals surface area contributed by atoms with Crippen LogP contribution in [0, 0.1) is 10.1 Å². The van der Waals surface area contributed by atoms with Crippen LogP contribution in [0.25, 0.3) is 0 Å². The molecule has 5 nitrogen and oxygen atoms in total. The highest BCUT2D eigenvalue weighted by molar-refractivity contribution is 5.95. The molecule has 0 fully saturated rings. The van der Waals surface area contributed by atoms with E-state index in [1.165, 1.54) is 24.3 Å². The second kappa shape index (κ2) is 8.06. The summed E-state index contributed by atoms with van der Waals surface area (Å²) >= 11 is 0. The zero-order valence-electron chi connectivity index (χ0n) is 13.9. The van der Waals surface area contributed by atoms with Gasteiger partial charge in [0.1, 0.15) is 0 Å². The van der Waals surface area contributed by atoms with Crippen LogP contribution in [0.15, 0.2) is 79.9 Å². The van der Waals surface area contributed by atoms with Crippen LogP contribution in [0.1, 0.15) is 28.8 Å². The molecule has 25 heavy (non-hydrogen) atoms. The van der Waals surface area contributed by atoms with Crippen LogP contribution in [0.3, 0.4) is 0 Å². The van der Waals surface area contributed by atoms with Gasteiger partial charge in [-0.25, -0.2) is 0 Å². The summed E-state index contributed by atoms with van der Waals surface area (Å²) in [6.45, 7) is 7.61. The summed E-state index contributed by atoms with van der Waals surface area (Å²) in [4.78, 5) is 23.0. The van der Waals surface area contributed by atoms with Crippen molar-refractivity contribution in [2.24, 2.45) is 0 Å². The van der Waals surface area contributed by atoms with Crippen LogP contribution >= 0.6 is 0 Å². The number of carbonyl (C=O) groups is 1. The predicted octanol–water partition coefficient (Wildman–Crippen LogP) is 4.37. The lowest BCUT2D eigenvalue weighted by Crippen LogP contribution is -2.45. The van der Waals surface area contributed by atoms with Gasteiger partial charge in [0.2, 0.25) is 0 Å². The van der Waals surface area contributed by atoms with E-state index in [1.54, 1.807) is 12.2 Å². The SMILES string of the molecule is C=CCC(CC=C)(NC(=O)c1ccc([N+](=O)[O-])cc1)c1ccccc1. The largest absolute Gasteiger partial charge is 0.342 e. The number of nitro groups is 1. The molecule has 128 valence electrons. The van der Waals surface area contributed by atoms with Crippen LogP contribution in [-0.2, 0) is 5.54 Å². The Labute approximate surface area is 146 Å². The van der Waals surface area contributed by atoms with Crippen molar-refractivity contribution >= 4 is 11.6 Å². The van der Waals surface area contributed by atoms with E-state index < -0.39 is 10.5 Å². The van der Waals surface area contributed by atoms with E-state index in [-0.39, 0.29) is 11.6 Å². The molecule has 0 unspecified atom stereocenters. The van der Waals surface area contributed by atoms with Gasteiger partial charge in [-0.15, -0.1) is 13.2 Å². The molecule has 0 atom stereocenters. The number of non-ortho nitro benzene ring substituents is 1. The zero-order chi connectivity index (χ0) is 18.3. The Balaban J connectivity index is 2.35. The summed E-state index contributed by atoms with van der Waals surface area (Å²) in [5.74, 6) is -0.303. The molecular formula is C20H20N2O3. The number of nitrogens with zero attached hydrogens (tertiary/aromatic N) is 1. The van der Waals surface area contributed by atoms with E-state index in [0.29, 0.717) is 18.4 Å². The van der Waals surface area contributed by atoms with Gasteiger partial charge >= 0.3 is 0 Å². The van der Waals surface area contributed by atoms with Crippen molar-refractivity contribution in [3.8, 4) is 0 Å². The third-order valence-electron chi connectivity index (χ3n) is 4.01. The molecule has 0 heterocycles. The number of nitrogens with one attached hydrogen (secondary N) is 1. The Morgan fingerprint density at radius 2 is 1.60 bits per heavy atom. The molecule has 1 N–H and O–H groups in total. The maximum absolute atomic E-state index is 12.7. The molecule has 0 aliphatic carbocycles. The average Bonchev–Trinajstić information content (AvgIpc) is 2.63. The Bertz CT molecular complexity index is 757. The van der Waals surface area contributed by atoms with E-state index in [2.05, 4.69) is 18.5 Å². The van der Waals surface area contributed by atoms with Crippen LogP contribution in [0.4, 0.5) is 5.69 Å². The lowest BCUT2D eigenvalue weighted by Gasteiger charge is -2.34. The summed E-state index contributed by atoms with van der Waals surface area (Å²) < 4.78 is 0. The third-order valence-corrected chi connectivity index (χ3v) is 4.01. The standard InChI is InChI=1S/C20H20N2O3/c1-3-14-20(15-4-2,17-8-6-5-7-9-17)21-19(23)16-10-12-18(13-11-16)22(24)25/h3-13H,1-2,14-15H2,(H,21,23). The van der Waals surface area contributed by atoms with Gasteiger partial charge in [0.15, 0.2) is 0 Å².